The molecule has 4 nitrogen and oxygen atoms in total. The van der Waals surface area contributed by atoms with Crippen LogP contribution in [0.25, 0.3) is 0 Å². The molecule has 1 amide bonds. The zero-order valence-corrected chi connectivity index (χ0v) is 13.8. The van der Waals surface area contributed by atoms with E-state index < -0.39 is 0 Å². The van der Waals surface area contributed by atoms with Crippen molar-refractivity contribution in [1.82, 2.24) is 14.8 Å². The third-order valence-electron chi connectivity index (χ3n) is 4.13. The Morgan fingerprint density at radius 2 is 2.05 bits per heavy atom. The van der Waals surface area contributed by atoms with E-state index in [1.807, 2.05) is 6.92 Å². The lowest BCUT2D eigenvalue weighted by Crippen LogP contribution is -2.32. The van der Waals surface area contributed by atoms with E-state index in [-0.39, 0.29) is 5.91 Å². The summed E-state index contributed by atoms with van der Waals surface area (Å²) in [5.74, 6) is 0.911. The molecule has 0 atom stereocenters. The van der Waals surface area contributed by atoms with Crippen molar-refractivity contribution in [1.29, 1.82) is 0 Å². The second kappa shape index (κ2) is 6.68. The molecule has 1 aromatic heterocycles. The number of hydrogen-bond acceptors (Lipinski definition) is 4. The summed E-state index contributed by atoms with van der Waals surface area (Å²) in [6.07, 6.45) is 3.91. The highest BCUT2D eigenvalue weighted by Gasteiger charge is 2.21. The van der Waals surface area contributed by atoms with Gasteiger partial charge in [0.15, 0.2) is 5.01 Å². The number of likely N-dealkylation sites (tertiary alicyclic amines) is 1. The first-order valence-electron chi connectivity index (χ1n) is 7.41. The summed E-state index contributed by atoms with van der Waals surface area (Å²) in [5.41, 5.74) is 1.01. The molecule has 1 fully saturated rings. The lowest BCUT2D eigenvalue weighted by Gasteiger charge is -2.31. The number of piperidine rings is 1. The number of nitrogens with zero attached hydrogens (tertiary/aromatic N) is 3. The lowest BCUT2D eigenvalue weighted by molar-refractivity contribution is 0.0827. The van der Waals surface area contributed by atoms with Crippen LogP contribution in [-0.4, -0.2) is 47.9 Å². The van der Waals surface area contributed by atoms with E-state index in [0.717, 1.165) is 18.2 Å². The molecule has 2 heterocycles. The van der Waals surface area contributed by atoms with Gasteiger partial charge in [-0.3, -0.25) is 9.69 Å². The molecule has 2 rings (SSSR count). The number of aryl methyl sites for hydroxylation is 1. The molecule has 0 radical (unpaired) electrons. The van der Waals surface area contributed by atoms with Crippen LogP contribution in [-0.2, 0) is 6.54 Å². The number of rotatable bonds is 4. The molecule has 1 aromatic rings. The zero-order chi connectivity index (χ0) is 14.7. The number of carbonyl (C=O) groups is 1. The van der Waals surface area contributed by atoms with Crippen LogP contribution in [0.15, 0.2) is 0 Å². The van der Waals surface area contributed by atoms with Crippen LogP contribution in [0.4, 0.5) is 0 Å². The zero-order valence-electron chi connectivity index (χ0n) is 13.0. The predicted molar refractivity (Wildman–Crippen MR) is 83.2 cm³/mol. The van der Waals surface area contributed by atoms with E-state index in [1.54, 1.807) is 30.3 Å². The number of carbonyl (C=O) groups excluding carboxylic acids is 1. The van der Waals surface area contributed by atoms with Crippen molar-refractivity contribution in [2.45, 2.75) is 39.7 Å². The predicted octanol–water partition coefficient (Wildman–Crippen LogP) is 2.78. The fourth-order valence-corrected chi connectivity index (χ4v) is 3.74. The minimum atomic E-state index is 0.00837. The minimum absolute atomic E-state index is 0.00837. The third-order valence-corrected chi connectivity index (χ3v) is 5.26. The summed E-state index contributed by atoms with van der Waals surface area (Å²) in [4.78, 5) is 21.7. The van der Waals surface area contributed by atoms with E-state index in [2.05, 4.69) is 16.8 Å². The van der Waals surface area contributed by atoms with E-state index >= 15 is 0 Å². The fraction of sp³-hybridized carbons (Fsp3) is 0.733. The Morgan fingerprint density at radius 3 is 2.60 bits per heavy atom. The molecule has 1 saturated heterocycles. The van der Waals surface area contributed by atoms with Gasteiger partial charge in [-0.05, 0) is 38.8 Å². The normalized spacial score (nSPS) is 17.4. The maximum absolute atomic E-state index is 11.9. The third kappa shape index (κ3) is 3.58. The van der Waals surface area contributed by atoms with Gasteiger partial charge in [-0.2, -0.15) is 0 Å². The number of hydrogen-bond donors (Lipinski definition) is 0. The first-order valence-corrected chi connectivity index (χ1v) is 8.23. The summed E-state index contributed by atoms with van der Waals surface area (Å²) in [5, 5.41) is 0.617. The molecule has 0 unspecified atom stereocenters. The first kappa shape index (κ1) is 15.4. The van der Waals surface area contributed by atoms with E-state index in [1.165, 1.54) is 37.2 Å². The van der Waals surface area contributed by atoms with Crippen molar-refractivity contribution < 1.29 is 4.79 Å². The Morgan fingerprint density at radius 1 is 1.40 bits per heavy atom. The van der Waals surface area contributed by atoms with E-state index in [9.17, 15) is 4.79 Å². The van der Waals surface area contributed by atoms with Gasteiger partial charge in [-0.1, -0.05) is 13.3 Å². The van der Waals surface area contributed by atoms with Crippen LogP contribution < -0.4 is 0 Å². The van der Waals surface area contributed by atoms with Crippen molar-refractivity contribution in [3.63, 3.8) is 0 Å². The maximum atomic E-state index is 11.9. The Kier molecular flexibility index (Phi) is 5.16. The van der Waals surface area contributed by atoms with Gasteiger partial charge in [-0.15, -0.1) is 11.3 Å². The van der Waals surface area contributed by atoms with E-state index in [4.69, 9.17) is 0 Å². The molecule has 112 valence electrons. The molecule has 0 aromatic carbocycles. The van der Waals surface area contributed by atoms with Crippen LogP contribution >= 0.6 is 11.3 Å². The average molecular weight is 295 g/mol. The summed E-state index contributed by atoms with van der Waals surface area (Å²) in [6, 6.07) is 0. The second-order valence-electron chi connectivity index (χ2n) is 5.85. The highest BCUT2D eigenvalue weighted by molar-refractivity contribution is 7.13. The topological polar surface area (TPSA) is 36.4 Å². The second-order valence-corrected chi connectivity index (χ2v) is 6.94. The van der Waals surface area contributed by atoms with E-state index in [0.29, 0.717) is 5.01 Å². The smallest absolute Gasteiger partial charge is 0.282 e. The van der Waals surface area contributed by atoms with Crippen molar-refractivity contribution in [3.8, 4) is 0 Å². The van der Waals surface area contributed by atoms with Gasteiger partial charge in [0.2, 0.25) is 0 Å². The highest BCUT2D eigenvalue weighted by Crippen LogP contribution is 2.25. The molecule has 1 aliphatic heterocycles. The summed E-state index contributed by atoms with van der Waals surface area (Å²) < 4.78 is 0. The maximum Gasteiger partial charge on any atom is 0.282 e. The molecule has 20 heavy (non-hydrogen) atoms. The summed E-state index contributed by atoms with van der Waals surface area (Å²) in [7, 11) is 3.54. The SMILES string of the molecule is CCC1CCN(Cc2sc(C(=O)N(C)C)nc2C)CC1. The molecule has 0 N–H and O–H groups in total. The molecule has 1 aliphatic rings. The molecular formula is C15H25N3OS. The Balaban J connectivity index is 1.98. The van der Waals surface area contributed by atoms with Gasteiger partial charge in [0, 0.05) is 25.5 Å². The lowest BCUT2D eigenvalue weighted by atomic mass is 9.94. The largest absolute Gasteiger partial charge is 0.343 e. The summed E-state index contributed by atoms with van der Waals surface area (Å²) in [6.45, 7) is 7.59. The first-order chi connectivity index (χ1) is 9.51. The van der Waals surface area contributed by atoms with Crippen LogP contribution in [0.2, 0.25) is 0 Å². The molecular weight excluding hydrogens is 270 g/mol. The average Bonchev–Trinajstić information content (AvgIpc) is 2.80. The number of amides is 1. The van der Waals surface area contributed by atoms with Crippen molar-refractivity contribution >= 4 is 17.2 Å². The summed E-state index contributed by atoms with van der Waals surface area (Å²) >= 11 is 1.55. The molecule has 0 bridgehead atoms. The van der Waals surface area contributed by atoms with Crippen LogP contribution in [0.5, 0.6) is 0 Å². The molecule has 0 aliphatic carbocycles. The van der Waals surface area contributed by atoms with Gasteiger partial charge in [0.1, 0.15) is 0 Å². The Labute approximate surface area is 125 Å². The van der Waals surface area contributed by atoms with Crippen LogP contribution in [0.3, 0.4) is 0 Å². The van der Waals surface area contributed by atoms with Gasteiger partial charge in [0.05, 0.1) is 5.69 Å². The van der Waals surface area contributed by atoms with Crippen LogP contribution in [0, 0.1) is 12.8 Å². The van der Waals surface area contributed by atoms with Crippen molar-refractivity contribution in [2.75, 3.05) is 27.2 Å². The van der Waals surface area contributed by atoms with Gasteiger partial charge in [-0.25, -0.2) is 4.98 Å². The standard InChI is InChI=1S/C15H25N3OS/c1-5-12-6-8-18(9-7-12)10-13-11(2)16-14(20-13)15(19)17(3)4/h12H,5-10H2,1-4H3. The number of aromatic nitrogens is 1. The van der Waals surface area contributed by atoms with Gasteiger partial charge >= 0.3 is 0 Å². The monoisotopic (exact) mass is 295 g/mol. The molecule has 0 saturated carbocycles. The van der Waals surface area contributed by atoms with Crippen molar-refractivity contribution in [3.05, 3.63) is 15.6 Å². The fourth-order valence-electron chi connectivity index (χ4n) is 2.61. The quantitative estimate of drug-likeness (QED) is 0.857. The van der Waals surface area contributed by atoms with Gasteiger partial charge in [0.25, 0.3) is 5.91 Å². The van der Waals surface area contributed by atoms with Crippen molar-refractivity contribution in [2.24, 2.45) is 5.92 Å². The minimum Gasteiger partial charge on any atom is -0.343 e. The highest BCUT2D eigenvalue weighted by atomic mass is 32.1. The molecule has 5 heteroatoms. The van der Waals surface area contributed by atoms with Gasteiger partial charge < -0.3 is 4.90 Å². The van der Waals surface area contributed by atoms with Crippen LogP contribution in [0.1, 0.15) is 46.6 Å². The molecule has 0 spiro atoms. The number of thiazole rings is 1. The Bertz CT molecular complexity index is 462. The Hall–Kier alpha value is -0.940.